The van der Waals surface area contributed by atoms with Crippen LogP contribution in [0.25, 0.3) is 0 Å². The van der Waals surface area contributed by atoms with Crippen LogP contribution in [0.2, 0.25) is 0 Å². The number of benzene rings is 3. The summed E-state index contributed by atoms with van der Waals surface area (Å²) in [5, 5.41) is 2.94. The molecule has 0 aromatic heterocycles. The Hall–Kier alpha value is -2.77. The second kappa shape index (κ2) is 11.2. The molecule has 7 heteroatoms. The van der Waals surface area contributed by atoms with Crippen molar-refractivity contribution in [2.75, 3.05) is 22.9 Å². The number of rotatable bonds is 10. The van der Waals surface area contributed by atoms with E-state index in [0.29, 0.717) is 17.8 Å². The summed E-state index contributed by atoms with van der Waals surface area (Å²) < 4.78 is 25.9. The molecule has 1 N–H and O–H groups in total. The molecule has 0 bridgehead atoms. The van der Waals surface area contributed by atoms with Gasteiger partial charge in [0.15, 0.2) is 0 Å². The predicted octanol–water partition coefficient (Wildman–Crippen LogP) is 4.62. The van der Waals surface area contributed by atoms with Crippen LogP contribution in [0.5, 0.6) is 0 Å². The van der Waals surface area contributed by atoms with E-state index in [1.807, 2.05) is 18.2 Å². The van der Waals surface area contributed by atoms with E-state index in [-0.39, 0.29) is 12.5 Å². The summed E-state index contributed by atoms with van der Waals surface area (Å²) in [5.41, 5.74) is 4.58. The van der Waals surface area contributed by atoms with E-state index >= 15 is 0 Å². The van der Waals surface area contributed by atoms with Crippen LogP contribution in [0.3, 0.4) is 0 Å². The van der Waals surface area contributed by atoms with Gasteiger partial charge >= 0.3 is 0 Å². The number of carbonyl (C=O) groups is 1. The Morgan fingerprint density at radius 2 is 1.59 bits per heavy atom. The number of hydrogen-bond acceptors (Lipinski definition) is 4. The van der Waals surface area contributed by atoms with Crippen LogP contribution in [0, 0.1) is 6.92 Å². The first-order chi connectivity index (χ1) is 15.3. The number of hydrogen-bond donors (Lipinski definition) is 1. The molecule has 0 spiro atoms. The number of thioether (sulfide) groups is 1. The molecular formula is C25H28N2O3S2. The Kier molecular flexibility index (Phi) is 8.36. The minimum absolute atomic E-state index is 0.129. The van der Waals surface area contributed by atoms with Crippen LogP contribution in [-0.2, 0) is 22.3 Å². The number of carbonyl (C=O) groups excluding carboxylic acids is 1. The highest BCUT2D eigenvalue weighted by atomic mass is 32.2. The molecule has 0 fully saturated rings. The van der Waals surface area contributed by atoms with Crippen LogP contribution in [0.15, 0.2) is 78.9 Å². The Bertz CT molecular complexity index is 1130. The van der Waals surface area contributed by atoms with Crippen LogP contribution < -0.4 is 9.62 Å². The third kappa shape index (κ3) is 6.87. The molecule has 3 aromatic carbocycles. The van der Waals surface area contributed by atoms with E-state index in [1.165, 1.54) is 21.7 Å². The Labute approximate surface area is 194 Å². The monoisotopic (exact) mass is 468 g/mol. The molecule has 0 saturated heterocycles. The lowest BCUT2D eigenvalue weighted by Crippen LogP contribution is -2.29. The molecule has 3 aromatic rings. The molecule has 0 atom stereocenters. The van der Waals surface area contributed by atoms with Gasteiger partial charge in [0.2, 0.25) is 10.0 Å². The molecule has 0 unspecified atom stereocenters. The SMILES string of the molecule is Cc1ccccc1CSCCNC(=O)c1ccc(CN(c2ccccc2)S(C)(=O)=O)cc1. The second-order valence-electron chi connectivity index (χ2n) is 7.54. The van der Waals surface area contributed by atoms with Gasteiger partial charge in [-0.15, -0.1) is 0 Å². The largest absolute Gasteiger partial charge is 0.351 e. The first-order valence-electron chi connectivity index (χ1n) is 10.4. The maximum Gasteiger partial charge on any atom is 0.251 e. The Morgan fingerprint density at radius 3 is 2.25 bits per heavy atom. The van der Waals surface area contributed by atoms with Crippen molar-refractivity contribution in [3.63, 3.8) is 0 Å². The van der Waals surface area contributed by atoms with Gasteiger partial charge < -0.3 is 5.32 Å². The summed E-state index contributed by atoms with van der Waals surface area (Å²) in [7, 11) is -3.43. The number of para-hydroxylation sites is 1. The van der Waals surface area contributed by atoms with Gasteiger partial charge in [-0.05, 0) is 47.9 Å². The van der Waals surface area contributed by atoms with Crippen LogP contribution in [0.4, 0.5) is 5.69 Å². The van der Waals surface area contributed by atoms with Gasteiger partial charge in [0.05, 0.1) is 18.5 Å². The summed E-state index contributed by atoms with van der Waals surface area (Å²) in [5.74, 6) is 1.63. The Morgan fingerprint density at radius 1 is 0.938 bits per heavy atom. The normalized spacial score (nSPS) is 11.2. The van der Waals surface area contributed by atoms with Gasteiger partial charge in [-0.25, -0.2) is 8.42 Å². The average Bonchev–Trinajstić information content (AvgIpc) is 2.78. The minimum Gasteiger partial charge on any atom is -0.351 e. The Balaban J connectivity index is 1.51. The minimum atomic E-state index is -3.43. The zero-order chi connectivity index (χ0) is 23.0. The molecule has 0 heterocycles. The maximum atomic E-state index is 12.4. The van der Waals surface area contributed by atoms with E-state index in [4.69, 9.17) is 0 Å². The highest BCUT2D eigenvalue weighted by Crippen LogP contribution is 2.20. The third-order valence-corrected chi connectivity index (χ3v) is 7.19. The number of sulfonamides is 1. The fraction of sp³-hybridized carbons (Fsp3) is 0.240. The molecule has 0 aliphatic rings. The van der Waals surface area contributed by atoms with E-state index in [1.54, 1.807) is 60.3 Å². The number of amides is 1. The zero-order valence-electron chi connectivity index (χ0n) is 18.3. The quantitative estimate of drug-likeness (QED) is 0.441. The lowest BCUT2D eigenvalue weighted by molar-refractivity contribution is 0.0956. The molecular weight excluding hydrogens is 440 g/mol. The van der Waals surface area contributed by atoms with Crippen molar-refractivity contribution in [3.8, 4) is 0 Å². The van der Waals surface area contributed by atoms with Crippen molar-refractivity contribution in [2.45, 2.75) is 19.2 Å². The molecule has 32 heavy (non-hydrogen) atoms. The molecule has 168 valence electrons. The fourth-order valence-corrected chi connectivity index (χ4v) is 5.04. The lowest BCUT2D eigenvalue weighted by atomic mass is 10.1. The molecule has 0 saturated carbocycles. The summed E-state index contributed by atoms with van der Waals surface area (Å²) in [6.07, 6.45) is 1.19. The average molecular weight is 469 g/mol. The van der Waals surface area contributed by atoms with Gasteiger partial charge in [-0.3, -0.25) is 9.10 Å². The van der Waals surface area contributed by atoms with Gasteiger partial charge in [-0.2, -0.15) is 11.8 Å². The molecule has 5 nitrogen and oxygen atoms in total. The molecule has 0 aliphatic heterocycles. The second-order valence-corrected chi connectivity index (χ2v) is 10.5. The summed E-state index contributed by atoms with van der Waals surface area (Å²) in [4.78, 5) is 12.4. The molecule has 0 aliphatic carbocycles. The van der Waals surface area contributed by atoms with Crippen molar-refractivity contribution in [1.82, 2.24) is 5.32 Å². The van der Waals surface area contributed by atoms with Gasteiger partial charge in [0, 0.05) is 23.6 Å². The fourth-order valence-electron chi connectivity index (χ4n) is 3.21. The first-order valence-corrected chi connectivity index (χ1v) is 13.4. The molecule has 1 amide bonds. The first kappa shape index (κ1) is 23.9. The number of nitrogens with zero attached hydrogens (tertiary/aromatic N) is 1. The van der Waals surface area contributed by atoms with Crippen molar-refractivity contribution in [1.29, 1.82) is 0 Å². The number of aryl methyl sites for hydroxylation is 1. The highest BCUT2D eigenvalue weighted by Gasteiger charge is 2.17. The summed E-state index contributed by atoms with van der Waals surface area (Å²) >= 11 is 1.79. The van der Waals surface area contributed by atoms with Gasteiger partial charge in [0.25, 0.3) is 5.91 Å². The zero-order valence-corrected chi connectivity index (χ0v) is 20.0. The molecule has 3 rings (SSSR count). The maximum absolute atomic E-state index is 12.4. The molecule has 0 radical (unpaired) electrons. The van der Waals surface area contributed by atoms with E-state index < -0.39 is 10.0 Å². The van der Waals surface area contributed by atoms with Crippen LogP contribution in [-0.4, -0.2) is 32.9 Å². The number of nitrogens with one attached hydrogen (secondary N) is 1. The highest BCUT2D eigenvalue weighted by molar-refractivity contribution is 7.98. The van der Waals surface area contributed by atoms with Crippen molar-refractivity contribution in [3.05, 3.63) is 101 Å². The number of anilines is 1. The van der Waals surface area contributed by atoms with Crippen LogP contribution >= 0.6 is 11.8 Å². The van der Waals surface area contributed by atoms with Crippen molar-refractivity contribution < 1.29 is 13.2 Å². The van der Waals surface area contributed by atoms with Crippen LogP contribution in [0.1, 0.15) is 27.0 Å². The van der Waals surface area contributed by atoms with Crippen molar-refractivity contribution in [2.24, 2.45) is 0 Å². The van der Waals surface area contributed by atoms with E-state index in [2.05, 4.69) is 24.4 Å². The van der Waals surface area contributed by atoms with Crippen molar-refractivity contribution >= 4 is 33.4 Å². The van der Waals surface area contributed by atoms with Gasteiger partial charge in [-0.1, -0.05) is 54.6 Å². The topological polar surface area (TPSA) is 66.5 Å². The van der Waals surface area contributed by atoms with Gasteiger partial charge in [0.1, 0.15) is 0 Å². The third-order valence-electron chi connectivity index (χ3n) is 5.04. The van der Waals surface area contributed by atoms with E-state index in [0.717, 1.165) is 17.1 Å². The predicted molar refractivity (Wildman–Crippen MR) is 134 cm³/mol. The smallest absolute Gasteiger partial charge is 0.251 e. The lowest BCUT2D eigenvalue weighted by Gasteiger charge is -2.22. The standard InChI is InChI=1S/C25H28N2O3S2/c1-20-8-6-7-9-23(20)19-31-17-16-26-25(28)22-14-12-21(13-15-22)18-27(32(2,29)30)24-10-4-3-5-11-24/h3-15H,16-19H2,1-2H3,(H,26,28). The van der Waals surface area contributed by atoms with E-state index in [9.17, 15) is 13.2 Å². The summed E-state index contributed by atoms with van der Waals surface area (Å²) in [6.45, 7) is 2.91. The summed E-state index contributed by atoms with van der Waals surface area (Å²) in [6, 6.07) is 24.4.